The number of benzene rings is 1. The molecule has 1 saturated heterocycles. The maximum Gasteiger partial charge on any atom is 0.0603 e. The summed E-state index contributed by atoms with van der Waals surface area (Å²) in [7, 11) is 0. The van der Waals surface area contributed by atoms with Crippen LogP contribution in [0, 0.1) is 0 Å². The van der Waals surface area contributed by atoms with Crippen molar-refractivity contribution in [3.05, 3.63) is 28.2 Å². The lowest BCUT2D eigenvalue weighted by atomic mass is 10.4. The summed E-state index contributed by atoms with van der Waals surface area (Å²) in [5.41, 5.74) is 0. The van der Waals surface area contributed by atoms with Crippen molar-refractivity contribution in [2.24, 2.45) is 0 Å². The van der Waals surface area contributed by atoms with Crippen molar-refractivity contribution in [2.45, 2.75) is 16.6 Å². The van der Waals surface area contributed by atoms with E-state index in [0.29, 0.717) is 15.3 Å². The molecule has 0 amide bonds. The fourth-order valence-electron chi connectivity index (χ4n) is 1.47. The van der Waals surface area contributed by atoms with Gasteiger partial charge in [-0.1, -0.05) is 23.2 Å². The number of rotatable bonds is 2. The predicted molar refractivity (Wildman–Crippen MR) is 63.6 cm³/mol. The zero-order valence-corrected chi connectivity index (χ0v) is 9.92. The second-order valence-electron chi connectivity index (χ2n) is 3.31. The van der Waals surface area contributed by atoms with Gasteiger partial charge in [-0.05, 0) is 31.2 Å². The Bertz CT molecular complexity index is 324. The van der Waals surface area contributed by atoms with Crippen LogP contribution in [0.25, 0.3) is 0 Å². The molecule has 1 fully saturated rings. The molecule has 1 aliphatic rings. The molecule has 0 saturated carbocycles. The average Bonchev–Trinajstić information content (AvgIpc) is 2.64. The second kappa shape index (κ2) is 4.75. The molecule has 1 nitrogen and oxygen atoms in total. The molecule has 1 aromatic rings. The first-order valence-corrected chi connectivity index (χ1v) is 6.22. The van der Waals surface area contributed by atoms with E-state index in [1.807, 2.05) is 30.0 Å². The Kier molecular flexibility index (Phi) is 3.61. The van der Waals surface area contributed by atoms with Gasteiger partial charge >= 0.3 is 0 Å². The van der Waals surface area contributed by atoms with Crippen LogP contribution >= 0.6 is 35.0 Å². The van der Waals surface area contributed by atoms with Crippen LogP contribution in [0.4, 0.5) is 0 Å². The number of nitrogens with one attached hydrogen (secondary N) is 1. The topological polar surface area (TPSA) is 12.0 Å². The molecule has 4 heteroatoms. The third kappa shape index (κ3) is 2.57. The summed E-state index contributed by atoms with van der Waals surface area (Å²) in [4.78, 5) is 1.20. The van der Waals surface area contributed by atoms with E-state index in [-0.39, 0.29) is 0 Å². The highest BCUT2D eigenvalue weighted by atomic mass is 35.5. The highest BCUT2D eigenvalue weighted by Gasteiger charge is 2.15. The van der Waals surface area contributed by atoms with Crippen LogP contribution in [-0.4, -0.2) is 18.3 Å². The zero-order chi connectivity index (χ0) is 9.97. The van der Waals surface area contributed by atoms with Crippen LogP contribution in [0.2, 0.25) is 10.0 Å². The molecule has 1 heterocycles. The summed E-state index contributed by atoms with van der Waals surface area (Å²) in [5, 5.41) is 5.28. The SMILES string of the molecule is Clc1ccc(SC2CCNC2)cc1Cl. The van der Waals surface area contributed by atoms with Crippen LogP contribution in [0.15, 0.2) is 23.1 Å². The van der Waals surface area contributed by atoms with Gasteiger partial charge in [0.2, 0.25) is 0 Å². The highest BCUT2D eigenvalue weighted by Crippen LogP contribution is 2.31. The van der Waals surface area contributed by atoms with Crippen molar-refractivity contribution in [1.82, 2.24) is 5.32 Å². The molecule has 0 bridgehead atoms. The first-order valence-electron chi connectivity index (χ1n) is 4.58. The third-order valence-electron chi connectivity index (χ3n) is 2.21. The van der Waals surface area contributed by atoms with E-state index in [9.17, 15) is 0 Å². The van der Waals surface area contributed by atoms with E-state index >= 15 is 0 Å². The van der Waals surface area contributed by atoms with E-state index in [4.69, 9.17) is 23.2 Å². The summed E-state index contributed by atoms with van der Waals surface area (Å²) in [6, 6.07) is 5.82. The van der Waals surface area contributed by atoms with Crippen molar-refractivity contribution in [1.29, 1.82) is 0 Å². The Labute approximate surface area is 98.2 Å². The fourth-order valence-corrected chi connectivity index (χ4v) is 2.99. The predicted octanol–water partition coefficient (Wildman–Crippen LogP) is 3.45. The monoisotopic (exact) mass is 247 g/mol. The molecule has 1 N–H and O–H groups in total. The minimum atomic E-state index is 0.626. The Morgan fingerprint density at radius 2 is 2.14 bits per heavy atom. The van der Waals surface area contributed by atoms with Gasteiger partial charge in [0.1, 0.15) is 0 Å². The van der Waals surface area contributed by atoms with Crippen molar-refractivity contribution < 1.29 is 0 Å². The lowest BCUT2D eigenvalue weighted by Crippen LogP contribution is -2.09. The molecule has 76 valence electrons. The minimum Gasteiger partial charge on any atom is -0.316 e. The van der Waals surface area contributed by atoms with Crippen molar-refractivity contribution >= 4 is 35.0 Å². The molecule has 0 aromatic heterocycles. The van der Waals surface area contributed by atoms with Crippen LogP contribution < -0.4 is 5.32 Å². The zero-order valence-electron chi connectivity index (χ0n) is 7.59. The largest absolute Gasteiger partial charge is 0.316 e. The van der Waals surface area contributed by atoms with Gasteiger partial charge in [-0.2, -0.15) is 0 Å². The van der Waals surface area contributed by atoms with E-state index in [0.717, 1.165) is 13.1 Å². The molecule has 1 aromatic carbocycles. The summed E-state index contributed by atoms with van der Waals surface area (Å²) in [6.07, 6.45) is 1.23. The van der Waals surface area contributed by atoms with Crippen molar-refractivity contribution in [2.75, 3.05) is 13.1 Å². The first kappa shape index (κ1) is 10.6. The summed E-state index contributed by atoms with van der Waals surface area (Å²) in [6.45, 7) is 2.21. The van der Waals surface area contributed by atoms with Gasteiger partial charge in [-0.3, -0.25) is 0 Å². The van der Waals surface area contributed by atoms with Gasteiger partial charge in [0.25, 0.3) is 0 Å². The fraction of sp³-hybridized carbons (Fsp3) is 0.400. The lowest BCUT2D eigenvalue weighted by Gasteiger charge is -2.08. The van der Waals surface area contributed by atoms with Gasteiger partial charge in [0, 0.05) is 16.7 Å². The van der Waals surface area contributed by atoms with Crippen LogP contribution in [-0.2, 0) is 0 Å². The van der Waals surface area contributed by atoms with Gasteiger partial charge in [0.05, 0.1) is 10.0 Å². The quantitative estimate of drug-likeness (QED) is 0.860. The van der Waals surface area contributed by atoms with E-state index in [2.05, 4.69) is 5.32 Å². The Balaban J connectivity index is 2.05. The maximum atomic E-state index is 5.94. The lowest BCUT2D eigenvalue weighted by molar-refractivity contribution is 0.858. The van der Waals surface area contributed by atoms with Crippen LogP contribution in [0.3, 0.4) is 0 Å². The molecule has 14 heavy (non-hydrogen) atoms. The Morgan fingerprint density at radius 1 is 1.29 bits per heavy atom. The molecule has 0 spiro atoms. The molecule has 0 radical (unpaired) electrons. The number of thioether (sulfide) groups is 1. The molecular formula is C10H11Cl2NS. The van der Waals surface area contributed by atoms with Gasteiger partial charge in [-0.15, -0.1) is 11.8 Å². The summed E-state index contributed by atoms with van der Waals surface area (Å²) in [5.74, 6) is 0. The summed E-state index contributed by atoms with van der Waals surface area (Å²) >= 11 is 13.7. The van der Waals surface area contributed by atoms with E-state index in [1.165, 1.54) is 11.3 Å². The van der Waals surface area contributed by atoms with Gasteiger partial charge in [-0.25, -0.2) is 0 Å². The smallest absolute Gasteiger partial charge is 0.0603 e. The third-order valence-corrected chi connectivity index (χ3v) is 4.21. The Hall–Kier alpha value is 0.110. The van der Waals surface area contributed by atoms with E-state index in [1.54, 1.807) is 0 Å². The highest BCUT2D eigenvalue weighted by molar-refractivity contribution is 8.00. The average molecular weight is 248 g/mol. The summed E-state index contributed by atoms with van der Waals surface area (Å²) < 4.78 is 0. The molecule has 1 atom stereocenters. The molecular weight excluding hydrogens is 237 g/mol. The number of hydrogen-bond acceptors (Lipinski definition) is 2. The maximum absolute atomic E-state index is 5.94. The Morgan fingerprint density at radius 3 is 2.79 bits per heavy atom. The van der Waals surface area contributed by atoms with Crippen LogP contribution in [0.5, 0.6) is 0 Å². The number of hydrogen-bond donors (Lipinski definition) is 1. The van der Waals surface area contributed by atoms with Gasteiger partial charge < -0.3 is 5.32 Å². The normalized spacial score (nSPS) is 21.4. The first-order chi connectivity index (χ1) is 6.75. The molecule has 2 rings (SSSR count). The molecule has 1 unspecified atom stereocenters. The number of halogens is 2. The van der Waals surface area contributed by atoms with Crippen molar-refractivity contribution in [3.63, 3.8) is 0 Å². The second-order valence-corrected chi connectivity index (χ2v) is 5.50. The van der Waals surface area contributed by atoms with Crippen molar-refractivity contribution in [3.8, 4) is 0 Å². The molecule has 1 aliphatic heterocycles. The van der Waals surface area contributed by atoms with Crippen LogP contribution in [0.1, 0.15) is 6.42 Å². The van der Waals surface area contributed by atoms with Gasteiger partial charge in [0.15, 0.2) is 0 Å². The standard InChI is InChI=1S/C10H11Cl2NS/c11-9-2-1-7(5-10(9)12)14-8-3-4-13-6-8/h1-2,5,8,13H,3-4,6H2. The van der Waals surface area contributed by atoms with E-state index < -0.39 is 0 Å². The minimum absolute atomic E-state index is 0.626. The molecule has 0 aliphatic carbocycles.